The van der Waals surface area contributed by atoms with E-state index in [2.05, 4.69) is 122 Å². The number of rotatable bonds is 3. The number of hydrogen-bond donors (Lipinski definition) is 3. The summed E-state index contributed by atoms with van der Waals surface area (Å²) >= 11 is 0. The third-order valence-corrected chi connectivity index (χ3v) is 6.26. The topological polar surface area (TPSA) is 58.8 Å². The average Bonchev–Trinajstić information content (AvgIpc) is 3.44. The lowest BCUT2D eigenvalue weighted by molar-refractivity contribution is 1.11. The van der Waals surface area contributed by atoms with Crippen LogP contribution in [0.1, 0.15) is 22.3 Å². The van der Waals surface area contributed by atoms with Crippen LogP contribution in [0.25, 0.3) is 27.5 Å². The standard InChI is InChI=1S/2C16H16N2/c1-11-7-12(2)9-15(8-11)18-6-5-13-10-14(17)3-4-16(13)18;1-11-7-12(2)9-15(8-11)18-14-3-4-16-13(10-14)5-6-17-16/h3-10H,17H2,1-2H3;3-10,17-18H,1-2H3. The Morgan fingerprint density at radius 1 is 0.639 bits per heavy atom. The van der Waals surface area contributed by atoms with E-state index >= 15 is 0 Å². The number of fused-ring (bicyclic) bond motifs is 2. The van der Waals surface area contributed by atoms with Gasteiger partial charge in [0.2, 0.25) is 0 Å². The Hall–Kier alpha value is -4.44. The van der Waals surface area contributed by atoms with Gasteiger partial charge < -0.3 is 20.6 Å². The molecule has 0 aliphatic rings. The van der Waals surface area contributed by atoms with Crippen molar-refractivity contribution >= 4 is 38.9 Å². The first kappa shape index (κ1) is 23.3. The van der Waals surface area contributed by atoms with Gasteiger partial charge >= 0.3 is 0 Å². The monoisotopic (exact) mass is 472 g/mol. The fourth-order valence-corrected chi connectivity index (χ4v) is 4.82. The number of nitrogens with one attached hydrogen (secondary N) is 2. The first-order valence-corrected chi connectivity index (χ1v) is 12.2. The predicted molar refractivity (Wildman–Crippen MR) is 155 cm³/mol. The van der Waals surface area contributed by atoms with Gasteiger partial charge in [0, 0.05) is 51.4 Å². The Bertz CT molecular complexity index is 1630. The maximum Gasteiger partial charge on any atom is 0.0529 e. The van der Waals surface area contributed by atoms with Gasteiger partial charge in [0.05, 0.1) is 5.52 Å². The molecule has 0 saturated carbocycles. The van der Waals surface area contributed by atoms with Crippen LogP contribution in [0.2, 0.25) is 0 Å². The summed E-state index contributed by atoms with van der Waals surface area (Å²) in [5.74, 6) is 0. The molecule has 0 fully saturated rings. The van der Waals surface area contributed by atoms with Crippen molar-refractivity contribution in [2.45, 2.75) is 27.7 Å². The number of nitrogens with zero attached hydrogens (tertiary/aromatic N) is 1. The highest BCUT2D eigenvalue weighted by Gasteiger charge is 2.04. The zero-order valence-corrected chi connectivity index (χ0v) is 21.3. The lowest BCUT2D eigenvalue weighted by Crippen LogP contribution is -1.94. The normalized spacial score (nSPS) is 10.9. The molecule has 180 valence electrons. The van der Waals surface area contributed by atoms with E-state index < -0.39 is 0 Å². The van der Waals surface area contributed by atoms with E-state index in [1.54, 1.807) is 0 Å². The molecule has 4 aromatic carbocycles. The second kappa shape index (κ2) is 9.67. The van der Waals surface area contributed by atoms with E-state index in [0.29, 0.717) is 0 Å². The number of hydrogen-bond acceptors (Lipinski definition) is 2. The highest BCUT2D eigenvalue weighted by molar-refractivity contribution is 5.85. The van der Waals surface area contributed by atoms with Crippen LogP contribution in [-0.2, 0) is 0 Å². The van der Waals surface area contributed by atoms with Gasteiger partial charge in [-0.25, -0.2) is 0 Å². The number of aromatic amines is 1. The van der Waals surface area contributed by atoms with Gasteiger partial charge in [0.1, 0.15) is 0 Å². The molecule has 6 rings (SSSR count). The molecule has 0 aliphatic heterocycles. The number of nitrogen functional groups attached to an aromatic ring is 1. The molecule has 4 nitrogen and oxygen atoms in total. The lowest BCUT2D eigenvalue weighted by Gasteiger charge is -2.08. The third kappa shape index (κ3) is 5.13. The minimum Gasteiger partial charge on any atom is -0.399 e. The maximum absolute atomic E-state index is 5.81. The van der Waals surface area contributed by atoms with Crippen molar-refractivity contribution in [3.8, 4) is 5.69 Å². The van der Waals surface area contributed by atoms with Crippen LogP contribution >= 0.6 is 0 Å². The van der Waals surface area contributed by atoms with Crippen LogP contribution in [-0.4, -0.2) is 9.55 Å². The van der Waals surface area contributed by atoms with Crippen LogP contribution in [0.3, 0.4) is 0 Å². The number of benzene rings is 4. The van der Waals surface area contributed by atoms with Crippen molar-refractivity contribution in [1.29, 1.82) is 0 Å². The van der Waals surface area contributed by atoms with Crippen molar-refractivity contribution in [1.82, 2.24) is 9.55 Å². The summed E-state index contributed by atoms with van der Waals surface area (Å²) < 4.78 is 2.20. The van der Waals surface area contributed by atoms with E-state index in [0.717, 1.165) is 17.1 Å². The van der Waals surface area contributed by atoms with Crippen LogP contribution < -0.4 is 11.1 Å². The van der Waals surface area contributed by atoms with E-state index in [9.17, 15) is 0 Å². The van der Waals surface area contributed by atoms with Gasteiger partial charge in [-0.05, 0) is 123 Å². The van der Waals surface area contributed by atoms with Crippen molar-refractivity contribution in [2.75, 3.05) is 11.1 Å². The molecule has 0 aliphatic carbocycles. The van der Waals surface area contributed by atoms with Gasteiger partial charge in [-0.2, -0.15) is 0 Å². The second-order valence-corrected chi connectivity index (χ2v) is 9.63. The molecule has 0 radical (unpaired) electrons. The van der Waals surface area contributed by atoms with Crippen LogP contribution in [0.5, 0.6) is 0 Å². The minimum atomic E-state index is 0.806. The number of aryl methyl sites for hydroxylation is 4. The molecule has 0 spiro atoms. The summed E-state index contributed by atoms with van der Waals surface area (Å²) in [5, 5.41) is 5.86. The second-order valence-electron chi connectivity index (χ2n) is 9.63. The molecule has 4 heteroatoms. The summed E-state index contributed by atoms with van der Waals surface area (Å²) in [4.78, 5) is 3.20. The van der Waals surface area contributed by atoms with E-state index in [4.69, 9.17) is 5.73 Å². The molecule has 0 saturated heterocycles. The lowest BCUT2D eigenvalue weighted by atomic mass is 10.1. The first-order valence-electron chi connectivity index (χ1n) is 12.2. The van der Waals surface area contributed by atoms with E-state index in [1.807, 2.05) is 18.3 Å². The fourth-order valence-electron chi connectivity index (χ4n) is 4.82. The van der Waals surface area contributed by atoms with Crippen LogP contribution in [0.4, 0.5) is 17.1 Å². The quantitative estimate of drug-likeness (QED) is 0.227. The van der Waals surface area contributed by atoms with Crippen molar-refractivity contribution < 1.29 is 0 Å². The highest BCUT2D eigenvalue weighted by Crippen LogP contribution is 2.25. The first-order chi connectivity index (χ1) is 17.3. The number of aromatic nitrogens is 2. The third-order valence-electron chi connectivity index (χ3n) is 6.26. The zero-order valence-electron chi connectivity index (χ0n) is 21.3. The number of anilines is 3. The van der Waals surface area contributed by atoms with Crippen LogP contribution in [0.15, 0.2) is 97.3 Å². The minimum absolute atomic E-state index is 0.806. The Labute approximate surface area is 212 Å². The van der Waals surface area contributed by atoms with Gasteiger partial charge in [-0.1, -0.05) is 12.1 Å². The fraction of sp³-hybridized carbons (Fsp3) is 0.125. The van der Waals surface area contributed by atoms with E-state index in [1.165, 1.54) is 49.7 Å². The number of nitrogens with two attached hydrogens (primary N) is 1. The van der Waals surface area contributed by atoms with Gasteiger partial charge in [-0.3, -0.25) is 0 Å². The SMILES string of the molecule is Cc1cc(C)cc(-n2ccc3cc(N)ccc32)c1.Cc1cc(C)cc(Nc2ccc3[nH]ccc3c2)c1. The summed E-state index contributed by atoms with van der Waals surface area (Å²) in [6.45, 7) is 8.49. The Morgan fingerprint density at radius 3 is 2.06 bits per heavy atom. The largest absolute Gasteiger partial charge is 0.399 e. The average molecular weight is 473 g/mol. The summed E-state index contributed by atoms with van der Waals surface area (Å²) in [5.41, 5.74) is 17.5. The van der Waals surface area contributed by atoms with Crippen molar-refractivity contribution in [3.05, 3.63) is 120 Å². The van der Waals surface area contributed by atoms with Crippen molar-refractivity contribution in [2.24, 2.45) is 0 Å². The number of H-pyrrole nitrogens is 1. The summed E-state index contributed by atoms with van der Waals surface area (Å²) in [6, 6.07) is 29.6. The van der Waals surface area contributed by atoms with E-state index in [-0.39, 0.29) is 0 Å². The molecule has 36 heavy (non-hydrogen) atoms. The molecule has 0 bridgehead atoms. The summed E-state index contributed by atoms with van der Waals surface area (Å²) in [6.07, 6.45) is 4.06. The molecule has 6 aromatic rings. The molecule has 2 heterocycles. The summed E-state index contributed by atoms with van der Waals surface area (Å²) in [7, 11) is 0. The smallest absolute Gasteiger partial charge is 0.0529 e. The Kier molecular flexibility index (Phi) is 6.26. The van der Waals surface area contributed by atoms with Gasteiger partial charge in [0.25, 0.3) is 0 Å². The van der Waals surface area contributed by atoms with Crippen LogP contribution in [0, 0.1) is 27.7 Å². The molecule has 0 atom stereocenters. The predicted octanol–water partition coefficient (Wildman–Crippen LogP) is 8.36. The molecular weight excluding hydrogens is 440 g/mol. The van der Waals surface area contributed by atoms with Crippen molar-refractivity contribution in [3.63, 3.8) is 0 Å². The maximum atomic E-state index is 5.81. The molecule has 2 aromatic heterocycles. The molecule has 0 unspecified atom stereocenters. The van der Waals surface area contributed by atoms with Gasteiger partial charge in [-0.15, -0.1) is 0 Å². The Morgan fingerprint density at radius 2 is 1.33 bits per heavy atom. The Balaban J connectivity index is 0.000000148. The molecule has 4 N–H and O–H groups in total. The molecule has 0 amide bonds. The molecular formula is C32H32N4. The highest BCUT2D eigenvalue weighted by atomic mass is 15.0. The van der Waals surface area contributed by atoms with Gasteiger partial charge in [0.15, 0.2) is 0 Å². The zero-order chi connectivity index (χ0) is 25.2.